The molecule has 2 heterocycles. The molecule has 0 N–H and O–H groups in total. The van der Waals surface area contributed by atoms with E-state index in [4.69, 9.17) is 0 Å². The lowest BCUT2D eigenvalue weighted by atomic mass is 10.2. The van der Waals surface area contributed by atoms with Crippen molar-refractivity contribution in [2.45, 2.75) is 6.54 Å². The molecule has 0 radical (unpaired) electrons. The van der Waals surface area contributed by atoms with E-state index >= 15 is 0 Å². The second-order valence-electron chi connectivity index (χ2n) is 5.03. The van der Waals surface area contributed by atoms with Gasteiger partial charge in [-0.3, -0.25) is 19.8 Å². The number of hydrogen-bond donors (Lipinski definition) is 0. The molecule has 0 spiro atoms. The maximum Gasteiger partial charge on any atom is 0.269 e. The van der Waals surface area contributed by atoms with Crippen LogP contribution >= 0.6 is 0 Å². The number of non-ortho nitro benzene ring substituents is 1. The van der Waals surface area contributed by atoms with Crippen LogP contribution in [0.2, 0.25) is 0 Å². The number of aromatic nitrogens is 3. The van der Waals surface area contributed by atoms with E-state index in [1.54, 1.807) is 29.2 Å². The Bertz CT molecular complexity index is 832. The third-order valence-electron chi connectivity index (χ3n) is 3.44. The van der Waals surface area contributed by atoms with Crippen molar-refractivity contribution in [1.29, 1.82) is 0 Å². The second kappa shape index (κ2) is 6.27. The van der Waals surface area contributed by atoms with E-state index < -0.39 is 4.92 Å². The van der Waals surface area contributed by atoms with Crippen molar-refractivity contribution in [3.8, 4) is 5.82 Å². The molecule has 3 rings (SSSR count). The molecule has 7 heteroatoms. The Labute approximate surface area is 132 Å². The van der Waals surface area contributed by atoms with Crippen molar-refractivity contribution < 1.29 is 4.92 Å². The predicted octanol–water partition coefficient (Wildman–Crippen LogP) is 2.74. The van der Waals surface area contributed by atoms with E-state index in [-0.39, 0.29) is 5.69 Å². The summed E-state index contributed by atoms with van der Waals surface area (Å²) in [7, 11) is 1.89. The Balaban J connectivity index is 1.75. The maximum absolute atomic E-state index is 10.6. The highest BCUT2D eigenvalue weighted by Crippen LogP contribution is 2.15. The molecule has 116 valence electrons. The van der Waals surface area contributed by atoms with Gasteiger partial charge in [-0.1, -0.05) is 0 Å². The Hall–Kier alpha value is -3.22. The van der Waals surface area contributed by atoms with Crippen LogP contribution in [-0.2, 0) is 13.6 Å². The van der Waals surface area contributed by atoms with Crippen molar-refractivity contribution in [3.63, 3.8) is 0 Å². The van der Waals surface area contributed by atoms with Crippen LogP contribution in [0.5, 0.6) is 0 Å². The number of nitro groups is 1. The lowest BCUT2D eigenvalue weighted by Crippen LogP contribution is -2.02. The van der Waals surface area contributed by atoms with Crippen molar-refractivity contribution in [2.75, 3.05) is 0 Å². The summed E-state index contributed by atoms with van der Waals surface area (Å²) in [5.74, 6) is 0.968. The van der Waals surface area contributed by atoms with Gasteiger partial charge in [-0.2, -0.15) is 5.10 Å². The third-order valence-corrected chi connectivity index (χ3v) is 3.44. The molecule has 0 aliphatic carbocycles. The fourth-order valence-electron chi connectivity index (χ4n) is 2.33. The van der Waals surface area contributed by atoms with Crippen molar-refractivity contribution >= 4 is 11.9 Å². The molecule has 0 saturated carbocycles. The zero-order valence-corrected chi connectivity index (χ0v) is 12.5. The van der Waals surface area contributed by atoms with Gasteiger partial charge < -0.3 is 4.57 Å². The van der Waals surface area contributed by atoms with E-state index in [1.165, 1.54) is 12.1 Å². The number of aryl methyl sites for hydroxylation is 1. The molecule has 0 aliphatic heterocycles. The van der Waals surface area contributed by atoms with Crippen LogP contribution in [-0.4, -0.2) is 25.5 Å². The summed E-state index contributed by atoms with van der Waals surface area (Å²) in [6, 6.07) is 10.2. The van der Waals surface area contributed by atoms with Crippen LogP contribution in [0.25, 0.3) is 5.82 Å². The van der Waals surface area contributed by atoms with Gasteiger partial charge >= 0.3 is 0 Å². The number of benzene rings is 1. The summed E-state index contributed by atoms with van der Waals surface area (Å²) < 4.78 is 3.79. The summed E-state index contributed by atoms with van der Waals surface area (Å²) in [5, 5.41) is 14.9. The predicted molar refractivity (Wildman–Crippen MR) is 86.9 cm³/mol. The molecule has 23 heavy (non-hydrogen) atoms. The maximum atomic E-state index is 10.6. The molecule has 0 unspecified atom stereocenters. The monoisotopic (exact) mass is 309 g/mol. The molecule has 0 atom stereocenters. The van der Waals surface area contributed by atoms with E-state index in [1.807, 2.05) is 36.1 Å². The van der Waals surface area contributed by atoms with Crippen LogP contribution in [0.1, 0.15) is 11.1 Å². The fraction of sp³-hybridized carbons (Fsp3) is 0.125. The average molecular weight is 309 g/mol. The highest BCUT2D eigenvalue weighted by atomic mass is 16.6. The number of nitrogens with zero attached hydrogens (tertiary/aromatic N) is 5. The summed E-state index contributed by atoms with van der Waals surface area (Å²) in [6.45, 7) is 0.484. The molecule has 7 nitrogen and oxygen atoms in total. The molecule has 0 amide bonds. The van der Waals surface area contributed by atoms with Gasteiger partial charge in [0.25, 0.3) is 5.69 Å². The minimum absolute atomic E-state index is 0.0734. The highest BCUT2D eigenvalue weighted by molar-refractivity contribution is 5.79. The van der Waals surface area contributed by atoms with E-state index in [9.17, 15) is 10.1 Å². The van der Waals surface area contributed by atoms with Gasteiger partial charge in [0.1, 0.15) is 5.82 Å². The normalized spacial score (nSPS) is 11.2. The zero-order chi connectivity index (χ0) is 16.2. The Morgan fingerprint density at radius 1 is 1.26 bits per heavy atom. The Morgan fingerprint density at radius 2 is 1.96 bits per heavy atom. The van der Waals surface area contributed by atoms with Crippen LogP contribution in [0.15, 0.2) is 60.0 Å². The largest absolute Gasteiger partial charge is 0.309 e. The lowest BCUT2D eigenvalue weighted by molar-refractivity contribution is -0.384. The SMILES string of the molecule is Cn1ncc(CN=Cc2ccc([N+](=O)[O-])cc2)c1-n1cccc1. The standard InChI is InChI=1S/C16H15N5O2/c1-19-16(20-8-2-3-9-20)14(12-18-19)11-17-10-13-4-6-15(7-5-13)21(22)23/h2-10,12H,11H2,1H3. The van der Waals surface area contributed by atoms with Gasteiger partial charge in [0, 0.05) is 43.4 Å². The summed E-state index contributed by atoms with van der Waals surface area (Å²) >= 11 is 0. The first-order valence-corrected chi connectivity index (χ1v) is 7.03. The van der Waals surface area contributed by atoms with Crippen LogP contribution in [0, 0.1) is 10.1 Å². The molecule has 3 aromatic rings. The van der Waals surface area contributed by atoms with E-state index in [0.29, 0.717) is 6.54 Å². The van der Waals surface area contributed by atoms with Gasteiger partial charge in [0.2, 0.25) is 0 Å². The number of aliphatic imine (C=N–C) groups is 1. The van der Waals surface area contributed by atoms with Crippen LogP contribution in [0.4, 0.5) is 5.69 Å². The molecule has 0 saturated heterocycles. The quantitative estimate of drug-likeness (QED) is 0.413. The van der Waals surface area contributed by atoms with Gasteiger partial charge in [0.15, 0.2) is 0 Å². The lowest BCUT2D eigenvalue weighted by Gasteiger charge is -2.05. The van der Waals surface area contributed by atoms with E-state index in [0.717, 1.165) is 16.9 Å². The van der Waals surface area contributed by atoms with Gasteiger partial charge in [-0.15, -0.1) is 0 Å². The average Bonchev–Trinajstić information content (AvgIpc) is 3.17. The summed E-state index contributed by atoms with van der Waals surface area (Å²) in [4.78, 5) is 14.6. The molecule has 2 aromatic heterocycles. The molecular formula is C16H15N5O2. The van der Waals surface area contributed by atoms with Crippen molar-refractivity contribution in [2.24, 2.45) is 12.0 Å². The number of nitro benzene ring substituents is 1. The minimum Gasteiger partial charge on any atom is -0.309 e. The summed E-state index contributed by atoms with van der Waals surface area (Å²) in [5.41, 5.74) is 1.90. The van der Waals surface area contributed by atoms with Crippen molar-refractivity contribution in [1.82, 2.24) is 14.3 Å². The molecule has 0 fully saturated rings. The van der Waals surface area contributed by atoms with Gasteiger partial charge in [-0.05, 0) is 29.8 Å². The first kappa shape index (κ1) is 14.7. The van der Waals surface area contributed by atoms with Crippen LogP contribution < -0.4 is 0 Å². The van der Waals surface area contributed by atoms with Crippen LogP contribution in [0.3, 0.4) is 0 Å². The third kappa shape index (κ3) is 3.18. The molecular weight excluding hydrogens is 294 g/mol. The number of rotatable bonds is 5. The molecule has 0 bridgehead atoms. The highest BCUT2D eigenvalue weighted by Gasteiger charge is 2.09. The molecule has 0 aliphatic rings. The summed E-state index contributed by atoms with van der Waals surface area (Å²) in [6.07, 6.45) is 7.42. The van der Waals surface area contributed by atoms with Gasteiger partial charge in [-0.25, -0.2) is 0 Å². The van der Waals surface area contributed by atoms with Gasteiger partial charge in [0.05, 0.1) is 17.7 Å². The zero-order valence-electron chi connectivity index (χ0n) is 12.5. The first-order valence-electron chi connectivity index (χ1n) is 7.03. The Morgan fingerprint density at radius 3 is 2.61 bits per heavy atom. The number of hydrogen-bond acceptors (Lipinski definition) is 4. The van der Waals surface area contributed by atoms with E-state index in [2.05, 4.69) is 10.1 Å². The fourth-order valence-corrected chi connectivity index (χ4v) is 2.33. The topological polar surface area (TPSA) is 78.2 Å². The Kier molecular flexibility index (Phi) is 4.01. The minimum atomic E-state index is -0.417. The smallest absolute Gasteiger partial charge is 0.269 e. The molecule has 1 aromatic carbocycles. The first-order chi connectivity index (χ1) is 11.1. The van der Waals surface area contributed by atoms with Crippen molar-refractivity contribution in [3.05, 3.63) is 76.2 Å². The second-order valence-corrected chi connectivity index (χ2v) is 5.03.